The Bertz CT molecular complexity index is 1100. The normalized spacial score (nSPS) is 10.9. The highest BCUT2D eigenvalue weighted by atomic mass is 32.1. The fourth-order valence-electron chi connectivity index (χ4n) is 2.49. The number of aromatic nitrogens is 3. The molecule has 0 fully saturated rings. The minimum absolute atomic E-state index is 0.0607. The Morgan fingerprint density at radius 3 is 2.76 bits per heavy atom. The monoisotopic (exact) mass is 368 g/mol. The highest BCUT2D eigenvalue weighted by Gasteiger charge is 2.13. The van der Waals surface area contributed by atoms with E-state index in [-0.39, 0.29) is 17.9 Å². The van der Waals surface area contributed by atoms with Crippen LogP contribution in [0.2, 0.25) is 0 Å². The Morgan fingerprint density at radius 2 is 1.96 bits per heavy atom. The summed E-state index contributed by atoms with van der Waals surface area (Å²) in [7, 11) is 0. The number of hydrogen-bond acceptors (Lipinski definition) is 6. The first-order valence-corrected chi connectivity index (χ1v) is 9.22. The summed E-state index contributed by atoms with van der Waals surface area (Å²) in [6.45, 7) is 0. The number of nitrogens with one attached hydrogen (secondary N) is 2. The molecule has 4 rings (SSSR count). The summed E-state index contributed by atoms with van der Waals surface area (Å²) in [6, 6.07) is 11.1. The summed E-state index contributed by atoms with van der Waals surface area (Å²) in [5.74, 6) is -0.225. The summed E-state index contributed by atoms with van der Waals surface area (Å²) in [5.41, 5.74) is 1.12. The highest BCUT2D eigenvalue weighted by Crippen LogP contribution is 2.28. The average Bonchev–Trinajstić information content (AvgIpc) is 3.29. The van der Waals surface area contributed by atoms with Gasteiger partial charge in [-0.3, -0.25) is 9.59 Å². The molecule has 0 saturated heterocycles. The van der Waals surface area contributed by atoms with Crippen LogP contribution in [-0.2, 0) is 11.2 Å². The number of thiazole rings is 1. The smallest absolute Gasteiger partial charge is 0.272 e. The lowest BCUT2D eigenvalue weighted by Crippen LogP contribution is -2.18. The standard InChI is InChI=1S/C17H12N4O2S2/c22-15(19-17-18-13(9-25-17)14-6-3-7-24-14)8-12-10-4-1-2-5-11(10)16(23)21-20-12/h1-7,9H,8H2,(H,21,23)(H,18,19,22). The average molecular weight is 368 g/mol. The van der Waals surface area contributed by atoms with Crippen molar-refractivity contribution in [1.82, 2.24) is 15.2 Å². The van der Waals surface area contributed by atoms with Crippen molar-refractivity contribution in [2.45, 2.75) is 6.42 Å². The van der Waals surface area contributed by atoms with Gasteiger partial charge in [-0.2, -0.15) is 5.10 Å². The molecule has 124 valence electrons. The van der Waals surface area contributed by atoms with Gasteiger partial charge >= 0.3 is 0 Å². The van der Waals surface area contributed by atoms with Crippen molar-refractivity contribution < 1.29 is 4.79 Å². The van der Waals surface area contributed by atoms with Crippen LogP contribution in [0.1, 0.15) is 5.69 Å². The number of hydrogen-bond donors (Lipinski definition) is 2. The number of H-pyrrole nitrogens is 1. The molecule has 0 bridgehead atoms. The zero-order valence-electron chi connectivity index (χ0n) is 12.9. The van der Waals surface area contributed by atoms with Crippen LogP contribution < -0.4 is 10.9 Å². The predicted molar refractivity (Wildman–Crippen MR) is 100 cm³/mol. The van der Waals surface area contributed by atoms with E-state index in [9.17, 15) is 9.59 Å². The Kier molecular flexibility index (Phi) is 4.12. The van der Waals surface area contributed by atoms with Crippen LogP contribution in [0, 0.1) is 0 Å². The third-order valence-corrected chi connectivity index (χ3v) is 5.28. The van der Waals surface area contributed by atoms with Crippen molar-refractivity contribution in [3.63, 3.8) is 0 Å². The van der Waals surface area contributed by atoms with E-state index in [4.69, 9.17) is 0 Å². The van der Waals surface area contributed by atoms with Crippen molar-refractivity contribution in [3.8, 4) is 10.6 Å². The molecule has 2 N–H and O–H groups in total. The number of carbonyl (C=O) groups excluding carboxylic acids is 1. The molecule has 1 amide bonds. The Balaban J connectivity index is 1.53. The number of rotatable bonds is 4. The van der Waals surface area contributed by atoms with E-state index >= 15 is 0 Å². The molecule has 4 aromatic rings. The zero-order chi connectivity index (χ0) is 17.2. The minimum atomic E-state index is -0.264. The molecule has 0 aliphatic heterocycles. The zero-order valence-corrected chi connectivity index (χ0v) is 14.5. The van der Waals surface area contributed by atoms with Crippen molar-refractivity contribution in [2.75, 3.05) is 5.32 Å². The largest absolute Gasteiger partial charge is 0.302 e. The molecular formula is C17H12N4O2S2. The molecule has 0 aliphatic rings. The molecule has 3 heterocycles. The van der Waals surface area contributed by atoms with E-state index in [0.29, 0.717) is 21.6 Å². The Labute approximate surface area is 150 Å². The van der Waals surface area contributed by atoms with Crippen LogP contribution >= 0.6 is 22.7 Å². The van der Waals surface area contributed by atoms with E-state index in [1.165, 1.54) is 11.3 Å². The third kappa shape index (κ3) is 3.21. The van der Waals surface area contributed by atoms with Gasteiger partial charge in [-0.05, 0) is 17.5 Å². The lowest BCUT2D eigenvalue weighted by atomic mass is 10.1. The first kappa shape index (κ1) is 15.7. The quantitative estimate of drug-likeness (QED) is 0.579. The molecule has 1 aromatic carbocycles. The first-order chi connectivity index (χ1) is 12.2. The van der Waals surface area contributed by atoms with Crippen molar-refractivity contribution in [2.24, 2.45) is 0 Å². The van der Waals surface area contributed by atoms with Gasteiger partial charge in [0.1, 0.15) is 0 Å². The second-order valence-corrected chi connectivity index (χ2v) is 7.09. The van der Waals surface area contributed by atoms with Crippen LogP contribution in [0.15, 0.2) is 52.0 Å². The van der Waals surface area contributed by atoms with Crippen molar-refractivity contribution >= 4 is 44.5 Å². The summed E-state index contributed by atoms with van der Waals surface area (Å²) in [4.78, 5) is 29.6. The van der Waals surface area contributed by atoms with Crippen LogP contribution in [0.25, 0.3) is 21.3 Å². The van der Waals surface area contributed by atoms with Crippen molar-refractivity contribution in [3.05, 3.63) is 63.2 Å². The summed E-state index contributed by atoms with van der Waals surface area (Å²) < 4.78 is 0. The lowest BCUT2D eigenvalue weighted by Gasteiger charge is -2.04. The molecule has 0 spiro atoms. The van der Waals surface area contributed by atoms with Gasteiger partial charge in [0.15, 0.2) is 5.13 Å². The number of fused-ring (bicyclic) bond motifs is 1. The van der Waals surface area contributed by atoms with Gasteiger partial charge in [0, 0.05) is 10.8 Å². The fraction of sp³-hybridized carbons (Fsp3) is 0.0588. The topological polar surface area (TPSA) is 87.7 Å². The molecule has 25 heavy (non-hydrogen) atoms. The minimum Gasteiger partial charge on any atom is -0.302 e. The van der Waals surface area contributed by atoms with Gasteiger partial charge in [-0.25, -0.2) is 10.1 Å². The van der Waals surface area contributed by atoms with Gasteiger partial charge in [-0.1, -0.05) is 24.3 Å². The molecule has 8 heteroatoms. The predicted octanol–water partition coefficient (Wildman–Crippen LogP) is 3.29. The van der Waals surface area contributed by atoms with Crippen LogP contribution in [0.4, 0.5) is 5.13 Å². The van der Waals surface area contributed by atoms with Crippen molar-refractivity contribution in [1.29, 1.82) is 0 Å². The van der Waals surface area contributed by atoms with E-state index in [1.807, 2.05) is 29.0 Å². The molecule has 6 nitrogen and oxygen atoms in total. The van der Waals surface area contributed by atoms with E-state index < -0.39 is 0 Å². The number of amides is 1. The number of nitrogens with zero attached hydrogens (tertiary/aromatic N) is 2. The SMILES string of the molecule is O=C(Cc1n[nH]c(=O)c2ccccc12)Nc1nc(-c2cccs2)cs1. The van der Waals surface area contributed by atoms with Gasteiger partial charge < -0.3 is 5.32 Å². The first-order valence-electron chi connectivity index (χ1n) is 7.46. The molecule has 0 saturated carbocycles. The number of carbonyl (C=O) groups is 1. The van der Waals surface area contributed by atoms with Gasteiger partial charge in [0.2, 0.25) is 5.91 Å². The van der Waals surface area contributed by atoms with E-state index in [1.54, 1.807) is 29.5 Å². The summed E-state index contributed by atoms with van der Waals surface area (Å²) in [5, 5.41) is 14.9. The van der Waals surface area contributed by atoms with Crippen LogP contribution in [0.5, 0.6) is 0 Å². The molecule has 0 unspecified atom stereocenters. The summed E-state index contributed by atoms with van der Waals surface area (Å²) in [6.07, 6.45) is 0.0607. The molecule has 0 radical (unpaired) electrons. The fourth-order valence-corrected chi connectivity index (χ4v) is 3.98. The maximum atomic E-state index is 12.3. The van der Waals surface area contributed by atoms with E-state index in [0.717, 1.165) is 10.6 Å². The number of aromatic amines is 1. The van der Waals surface area contributed by atoms with Crippen LogP contribution in [-0.4, -0.2) is 21.1 Å². The van der Waals surface area contributed by atoms with Gasteiger partial charge in [-0.15, -0.1) is 22.7 Å². The summed E-state index contributed by atoms with van der Waals surface area (Å²) >= 11 is 2.98. The van der Waals surface area contributed by atoms with Crippen LogP contribution in [0.3, 0.4) is 0 Å². The molecule has 0 atom stereocenters. The Morgan fingerprint density at radius 1 is 1.12 bits per heavy atom. The lowest BCUT2D eigenvalue weighted by molar-refractivity contribution is -0.115. The number of benzene rings is 1. The maximum absolute atomic E-state index is 12.3. The van der Waals surface area contributed by atoms with Gasteiger partial charge in [0.05, 0.1) is 28.1 Å². The highest BCUT2D eigenvalue weighted by molar-refractivity contribution is 7.16. The third-order valence-electron chi connectivity index (χ3n) is 3.63. The van der Waals surface area contributed by atoms with Gasteiger partial charge in [0.25, 0.3) is 5.56 Å². The second-order valence-electron chi connectivity index (χ2n) is 5.29. The Hall–Kier alpha value is -2.84. The number of anilines is 1. The van der Waals surface area contributed by atoms with E-state index in [2.05, 4.69) is 20.5 Å². The molecule has 0 aliphatic carbocycles. The molecule has 3 aromatic heterocycles. The maximum Gasteiger partial charge on any atom is 0.272 e. The second kappa shape index (κ2) is 6.58. The number of thiophene rings is 1. The molecular weight excluding hydrogens is 356 g/mol.